The standard InChI is InChI=1S/C14H19NOS/c1-3-11(12-4-2-6-15-8-12)7-13(5-1)16-14-9-17-10-14/h1,3,5,7,12,14-15H,2,4,6,8-10H2. The molecule has 0 amide bonds. The highest BCUT2D eigenvalue weighted by molar-refractivity contribution is 8.00. The van der Waals surface area contributed by atoms with Crippen molar-refractivity contribution in [2.24, 2.45) is 0 Å². The number of nitrogens with one attached hydrogen (secondary N) is 1. The third kappa shape index (κ3) is 2.78. The third-order valence-electron chi connectivity index (χ3n) is 3.54. The van der Waals surface area contributed by atoms with E-state index in [-0.39, 0.29) is 0 Å². The van der Waals surface area contributed by atoms with E-state index < -0.39 is 0 Å². The highest BCUT2D eigenvalue weighted by Gasteiger charge is 2.20. The molecule has 17 heavy (non-hydrogen) atoms. The number of rotatable bonds is 3. The van der Waals surface area contributed by atoms with E-state index in [4.69, 9.17) is 4.74 Å². The second-order valence-corrected chi connectivity index (χ2v) is 5.97. The summed E-state index contributed by atoms with van der Waals surface area (Å²) in [4.78, 5) is 0. The smallest absolute Gasteiger partial charge is 0.120 e. The molecule has 0 aliphatic carbocycles. The fourth-order valence-corrected chi connectivity index (χ4v) is 3.02. The van der Waals surface area contributed by atoms with E-state index in [9.17, 15) is 0 Å². The van der Waals surface area contributed by atoms with E-state index in [0.717, 1.165) is 23.8 Å². The fraction of sp³-hybridized carbons (Fsp3) is 0.571. The average molecular weight is 249 g/mol. The van der Waals surface area contributed by atoms with Crippen LogP contribution in [0, 0.1) is 0 Å². The van der Waals surface area contributed by atoms with Crippen LogP contribution in [-0.4, -0.2) is 30.7 Å². The molecule has 3 heteroatoms. The molecule has 2 saturated heterocycles. The van der Waals surface area contributed by atoms with Crippen LogP contribution in [0.4, 0.5) is 0 Å². The minimum atomic E-state index is 0.444. The summed E-state index contributed by atoms with van der Waals surface area (Å²) in [6.45, 7) is 2.29. The van der Waals surface area contributed by atoms with Gasteiger partial charge in [0.1, 0.15) is 11.9 Å². The summed E-state index contributed by atoms with van der Waals surface area (Å²) in [6, 6.07) is 8.69. The van der Waals surface area contributed by atoms with E-state index in [1.807, 2.05) is 11.8 Å². The SMILES string of the molecule is c1cc(OC2CSC2)cc(C2CCCNC2)c1. The molecule has 1 aromatic rings. The molecule has 92 valence electrons. The van der Waals surface area contributed by atoms with Gasteiger partial charge in [0.2, 0.25) is 0 Å². The Morgan fingerprint density at radius 2 is 2.24 bits per heavy atom. The lowest BCUT2D eigenvalue weighted by Crippen LogP contribution is -2.31. The van der Waals surface area contributed by atoms with Crippen molar-refractivity contribution in [3.8, 4) is 5.75 Å². The summed E-state index contributed by atoms with van der Waals surface area (Å²) in [5, 5.41) is 3.47. The minimum Gasteiger partial charge on any atom is -0.489 e. The van der Waals surface area contributed by atoms with Crippen molar-refractivity contribution in [3.63, 3.8) is 0 Å². The highest BCUT2D eigenvalue weighted by atomic mass is 32.2. The lowest BCUT2D eigenvalue weighted by atomic mass is 9.92. The van der Waals surface area contributed by atoms with Crippen LogP contribution in [0.15, 0.2) is 24.3 Å². The van der Waals surface area contributed by atoms with Crippen molar-refractivity contribution >= 4 is 11.8 Å². The summed E-state index contributed by atoms with van der Waals surface area (Å²) < 4.78 is 5.94. The quantitative estimate of drug-likeness (QED) is 0.890. The van der Waals surface area contributed by atoms with E-state index in [1.54, 1.807) is 0 Å². The van der Waals surface area contributed by atoms with Crippen LogP contribution in [0.2, 0.25) is 0 Å². The number of thioether (sulfide) groups is 1. The van der Waals surface area contributed by atoms with Gasteiger partial charge in [-0.3, -0.25) is 0 Å². The molecule has 2 nitrogen and oxygen atoms in total. The molecule has 1 atom stereocenters. The molecule has 0 saturated carbocycles. The van der Waals surface area contributed by atoms with E-state index in [0.29, 0.717) is 12.0 Å². The molecule has 0 radical (unpaired) electrons. The lowest BCUT2D eigenvalue weighted by molar-refractivity contribution is 0.240. The van der Waals surface area contributed by atoms with Crippen LogP contribution in [0.25, 0.3) is 0 Å². The zero-order valence-electron chi connectivity index (χ0n) is 10.0. The largest absolute Gasteiger partial charge is 0.489 e. The van der Waals surface area contributed by atoms with Crippen molar-refractivity contribution in [2.75, 3.05) is 24.6 Å². The number of benzene rings is 1. The van der Waals surface area contributed by atoms with E-state index in [2.05, 4.69) is 29.6 Å². The molecule has 2 heterocycles. The molecular formula is C14H19NOS. The molecule has 0 spiro atoms. The van der Waals surface area contributed by atoms with Gasteiger partial charge in [0, 0.05) is 18.1 Å². The van der Waals surface area contributed by atoms with Crippen molar-refractivity contribution < 1.29 is 4.74 Å². The maximum Gasteiger partial charge on any atom is 0.120 e. The monoisotopic (exact) mass is 249 g/mol. The summed E-state index contributed by atoms with van der Waals surface area (Å²) in [6.07, 6.45) is 3.03. The molecule has 3 rings (SSSR count). The van der Waals surface area contributed by atoms with Crippen LogP contribution < -0.4 is 10.1 Å². The van der Waals surface area contributed by atoms with Gasteiger partial charge in [-0.2, -0.15) is 11.8 Å². The minimum absolute atomic E-state index is 0.444. The van der Waals surface area contributed by atoms with Crippen molar-refractivity contribution in [1.29, 1.82) is 0 Å². The first kappa shape index (κ1) is 11.4. The van der Waals surface area contributed by atoms with Crippen LogP contribution in [-0.2, 0) is 0 Å². The van der Waals surface area contributed by atoms with Crippen LogP contribution in [0.5, 0.6) is 5.75 Å². The van der Waals surface area contributed by atoms with E-state index >= 15 is 0 Å². The molecule has 0 bridgehead atoms. The zero-order valence-corrected chi connectivity index (χ0v) is 10.8. The van der Waals surface area contributed by atoms with Gasteiger partial charge in [0.05, 0.1) is 0 Å². The Hall–Kier alpha value is -0.670. The van der Waals surface area contributed by atoms with Crippen LogP contribution >= 0.6 is 11.8 Å². The summed E-state index contributed by atoms with van der Waals surface area (Å²) in [7, 11) is 0. The molecule has 0 aromatic heterocycles. The number of ether oxygens (including phenoxy) is 1. The van der Waals surface area contributed by atoms with Gasteiger partial charge >= 0.3 is 0 Å². The Bertz CT molecular complexity index is 372. The Kier molecular flexibility index (Phi) is 3.57. The first-order valence-corrected chi connectivity index (χ1v) is 7.62. The van der Waals surface area contributed by atoms with Gasteiger partial charge in [-0.05, 0) is 43.0 Å². The first-order chi connectivity index (χ1) is 8.42. The second-order valence-electron chi connectivity index (χ2n) is 4.89. The van der Waals surface area contributed by atoms with Crippen LogP contribution in [0.3, 0.4) is 0 Å². The van der Waals surface area contributed by atoms with Gasteiger partial charge in [-0.25, -0.2) is 0 Å². The second kappa shape index (κ2) is 5.32. The maximum atomic E-state index is 5.94. The molecule has 1 aromatic carbocycles. The number of hydrogen-bond acceptors (Lipinski definition) is 3. The maximum absolute atomic E-state index is 5.94. The predicted molar refractivity (Wildman–Crippen MR) is 73.0 cm³/mol. The Morgan fingerprint density at radius 1 is 1.29 bits per heavy atom. The summed E-state index contributed by atoms with van der Waals surface area (Å²) in [5.41, 5.74) is 1.43. The van der Waals surface area contributed by atoms with Gasteiger partial charge in [-0.15, -0.1) is 0 Å². The zero-order chi connectivity index (χ0) is 11.5. The van der Waals surface area contributed by atoms with Gasteiger partial charge in [-0.1, -0.05) is 12.1 Å². The lowest BCUT2D eigenvalue weighted by Gasteiger charge is -2.27. The third-order valence-corrected chi connectivity index (χ3v) is 4.75. The number of piperidine rings is 1. The molecule has 2 aliphatic heterocycles. The normalized spacial score (nSPS) is 25.3. The average Bonchev–Trinajstić information content (AvgIpc) is 2.35. The van der Waals surface area contributed by atoms with Crippen LogP contribution in [0.1, 0.15) is 24.3 Å². The summed E-state index contributed by atoms with van der Waals surface area (Å²) in [5.74, 6) is 4.02. The van der Waals surface area contributed by atoms with Crippen molar-refractivity contribution in [2.45, 2.75) is 24.9 Å². The summed E-state index contributed by atoms with van der Waals surface area (Å²) >= 11 is 1.96. The molecular weight excluding hydrogens is 230 g/mol. The number of hydrogen-bond donors (Lipinski definition) is 1. The molecule has 1 unspecified atom stereocenters. The Labute approximate surface area is 107 Å². The molecule has 2 aliphatic rings. The van der Waals surface area contributed by atoms with Gasteiger partial charge in [0.15, 0.2) is 0 Å². The first-order valence-electron chi connectivity index (χ1n) is 6.47. The van der Waals surface area contributed by atoms with E-state index in [1.165, 1.54) is 24.9 Å². The fourth-order valence-electron chi connectivity index (χ4n) is 2.45. The molecule has 2 fully saturated rings. The van der Waals surface area contributed by atoms with Gasteiger partial charge in [0.25, 0.3) is 0 Å². The van der Waals surface area contributed by atoms with Gasteiger partial charge < -0.3 is 10.1 Å². The molecule has 1 N–H and O–H groups in total. The topological polar surface area (TPSA) is 21.3 Å². The highest BCUT2D eigenvalue weighted by Crippen LogP contribution is 2.28. The Morgan fingerprint density at radius 3 is 2.94 bits per heavy atom. The van der Waals surface area contributed by atoms with Crippen molar-refractivity contribution in [3.05, 3.63) is 29.8 Å². The Balaban J connectivity index is 1.68. The van der Waals surface area contributed by atoms with Crippen molar-refractivity contribution in [1.82, 2.24) is 5.32 Å². The predicted octanol–water partition coefficient (Wildman–Crippen LogP) is 2.65.